The molecule has 1 atom stereocenters. The molecule has 0 saturated carbocycles. The maximum atomic E-state index is 5.91. The van der Waals surface area contributed by atoms with E-state index in [0.717, 1.165) is 24.8 Å². The Hall–Kier alpha value is -1.06. The number of fused-ring (bicyclic) bond motifs is 1. The molecule has 0 bridgehead atoms. The molecule has 2 aliphatic heterocycles. The molecular formula is C18H28N2O. The summed E-state index contributed by atoms with van der Waals surface area (Å²) < 4.78 is 5.91. The van der Waals surface area contributed by atoms with Crippen molar-refractivity contribution < 1.29 is 4.74 Å². The zero-order valence-corrected chi connectivity index (χ0v) is 13.3. The van der Waals surface area contributed by atoms with E-state index in [2.05, 4.69) is 34.9 Å². The van der Waals surface area contributed by atoms with Gasteiger partial charge in [0.1, 0.15) is 5.75 Å². The minimum Gasteiger partial charge on any atom is -0.493 e. The molecule has 2 saturated heterocycles. The van der Waals surface area contributed by atoms with E-state index in [1.54, 1.807) is 0 Å². The maximum absolute atomic E-state index is 5.91. The first kappa shape index (κ1) is 14.9. The van der Waals surface area contributed by atoms with E-state index in [0.29, 0.717) is 0 Å². The number of rotatable bonds is 5. The van der Waals surface area contributed by atoms with Gasteiger partial charge in [-0.05, 0) is 63.9 Å². The molecule has 0 unspecified atom stereocenters. The van der Waals surface area contributed by atoms with Gasteiger partial charge in [0.2, 0.25) is 0 Å². The first-order valence-corrected chi connectivity index (χ1v) is 8.48. The van der Waals surface area contributed by atoms with Crippen LogP contribution in [0.1, 0.15) is 31.2 Å². The van der Waals surface area contributed by atoms with Crippen LogP contribution in [0.15, 0.2) is 24.3 Å². The Labute approximate surface area is 128 Å². The van der Waals surface area contributed by atoms with E-state index in [1.807, 2.05) is 6.07 Å². The molecule has 0 amide bonds. The van der Waals surface area contributed by atoms with E-state index in [9.17, 15) is 0 Å². The largest absolute Gasteiger partial charge is 0.493 e. The lowest BCUT2D eigenvalue weighted by molar-refractivity contribution is 0.205. The summed E-state index contributed by atoms with van der Waals surface area (Å²) in [5.74, 6) is 1.04. The summed E-state index contributed by atoms with van der Waals surface area (Å²) in [7, 11) is 0. The van der Waals surface area contributed by atoms with Crippen molar-refractivity contribution in [2.75, 3.05) is 39.3 Å². The third kappa shape index (κ3) is 3.98. The highest BCUT2D eigenvalue weighted by molar-refractivity contribution is 5.31. The molecule has 0 aromatic heterocycles. The van der Waals surface area contributed by atoms with Crippen LogP contribution in [0.2, 0.25) is 0 Å². The number of aryl methyl sites for hydroxylation is 1. The van der Waals surface area contributed by atoms with Gasteiger partial charge in [-0.25, -0.2) is 0 Å². The number of ether oxygens (including phenoxy) is 1. The summed E-state index contributed by atoms with van der Waals surface area (Å²) in [6.07, 6.45) is 5.25. The summed E-state index contributed by atoms with van der Waals surface area (Å²) in [5.41, 5.74) is 1.23. The number of hydrogen-bond donors (Lipinski definition) is 0. The zero-order valence-electron chi connectivity index (χ0n) is 13.3. The van der Waals surface area contributed by atoms with Crippen LogP contribution in [0.4, 0.5) is 0 Å². The molecule has 3 nitrogen and oxygen atoms in total. The molecule has 0 spiro atoms. The van der Waals surface area contributed by atoms with Crippen molar-refractivity contribution in [2.45, 2.75) is 38.6 Å². The van der Waals surface area contributed by atoms with Gasteiger partial charge in [-0.2, -0.15) is 0 Å². The molecule has 1 aromatic rings. The summed E-state index contributed by atoms with van der Waals surface area (Å²) in [4.78, 5) is 5.35. The van der Waals surface area contributed by atoms with Crippen molar-refractivity contribution in [2.24, 2.45) is 0 Å². The highest BCUT2D eigenvalue weighted by Crippen LogP contribution is 2.21. The molecular weight excluding hydrogens is 260 g/mol. The smallest absolute Gasteiger partial charge is 0.122 e. The first-order chi connectivity index (χ1) is 10.3. The van der Waals surface area contributed by atoms with Crippen LogP contribution < -0.4 is 4.74 Å². The van der Waals surface area contributed by atoms with Gasteiger partial charge < -0.3 is 9.64 Å². The van der Waals surface area contributed by atoms with Crippen LogP contribution in [0.25, 0.3) is 0 Å². The van der Waals surface area contributed by atoms with Gasteiger partial charge in [0.05, 0.1) is 6.61 Å². The van der Waals surface area contributed by atoms with E-state index in [-0.39, 0.29) is 0 Å². The molecule has 0 radical (unpaired) electrons. The Morgan fingerprint density at radius 1 is 1.14 bits per heavy atom. The number of nitrogens with zero attached hydrogens (tertiary/aromatic N) is 2. The lowest BCUT2D eigenvalue weighted by Gasteiger charge is -2.25. The topological polar surface area (TPSA) is 15.7 Å². The van der Waals surface area contributed by atoms with Gasteiger partial charge in [0.15, 0.2) is 0 Å². The second kappa shape index (κ2) is 7.28. The van der Waals surface area contributed by atoms with Crippen molar-refractivity contribution in [1.82, 2.24) is 9.80 Å². The molecule has 2 aliphatic rings. The van der Waals surface area contributed by atoms with Gasteiger partial charge in [-0.1, -0.05) is 18.2 Å². The summed E-state index contributed by atoms with van der Waals surface area (Å²) in [6.45, 7) is 9.28. The molecule has 3 heteroatoms. The second-order valence-corrected chi connectivity index (χ2v) is 6.45. The normalized spacial score (nSPS) is 23.8. The lowest BCUT2D eigenvalue weighted by Crippen LogP contribution is -2.37. The minimum absolute atomic E-state index is 0.824. The fraction of sp³-hybridized carbons (Fsp3) is 0.667. The van der Waals surface area contributed by atoms with Gasteiger partial charge in [-0.3, -0.25) is 4.90 Å². The lowest BCUT2D eigenvalue weighted by atomic mass is 10.2. The Morgan fingerprint density at radius 3 is 2.90 bits per heavy atom. The van der Waals surface area contributed by atoms with Crippen LogP contribution in [-0.4, -0.2) is 55.2 Å². The van der Waals surface area contributed by atoms with Gasteiger partial charge in [-0.15, -0.1) is 0 Å². The summed E-state index contributed by atoms with van der Waals surface area (Å²) in [5, 5.41) is 0. The van der Waals surface area contributed by atoms with Crippen LogP contribution in [0.3, 0.4) is 0 Å². The number of para-hydroxylation sites is 1. The second-order valence-electron chi connectivity index (χ2n) is 6.45. The summed E-state index contributed by atoms with van der Waals surface area (Å²) in [6, 6.07) is 9.11. The van der Waals surface area contributed by atoms with Crippen LogP contribution in [0, 0.1) is 6.92 Å². The molecule has 0 aliphatic carbocycles. The third-order valence-corrected chi connectivity index (χ3v) is 4.86. The van der Waals surface area contributed by atoms with Gasteiger partial charge >= 0.3 is 0 Å². The average Bonchev–Trinajstić information content (AvgIpc) is 2.83. The highest BCUT2D eigenvalue weighted by Gasteiger charge is 2.28. The Kier molecular flexibility index (Phi) is 5.15. The molecule has 2 fully saturated rings. The van der Waals surface area contributed by atoms with E-state index < -0.39 is 0 Å². The Morgan fingerprint density at radius 2 is 2.00 bits per heavy atom. The Balaban J connectivity index is 1.40. The average molecular weight is 288 g/mol. The zero-order chi connectivity index (χ0) is 14.5. The van der Waals surface area contributed by atoms with E-state index in [1.165, 1.54) is 57.5 Å². The van der Waals surface area contributed by atoms with Crippen molar-refractivity contribution in [1.29, 1.82) is 0 Å². The molecule has 116 valence electrons. The standard InChI is InChI=1S/C18H28N2O/c1-16-7-2-3-9-18(16)21-14-6-11-19-10-5-13-20-12-4-8-17(20)15-19/h2-3,7,9,17H,4-6,8,10-15H2,1H3/t17-/m0/s1. The highest BCUT2D eigenvalue weighted by atomic mass is 16.5. The van der Waals surface area contributed by atoms with Crippen LogP contribution in [0.5, 0.6) is 5.75 Å². The molecule has 21 heavy (non-hydrogen) atoms. The quantitative estimate of drug-likeness (QED) is 0.775. The third-order valence-electron chi connectivity index (χ3n) is 4.86. The summed E-state index contributed by atoms with van der Waals surface area (Å²) >= 11 is 0. The molecule has 3 rings (SSSR count). The first-order valence-electron chi connectivity index (χ1n) is 8.48. The fourth-order valence-corrected chi connectivity index (χ4v) is 3.67. The predicted octanol–water partition coefficient (Wildman–Crippen LogP) is 2.93. The van der Waals surface area contributed by atoms with Crippen molar-refractivity contribution in [3.05, 3.63) is 29.8 Å². The molecule has 2 heterocycles. The van der Waals surface area contributed by atoms with Crippen molar-refractivity contribution >= 4 is 0 Å². The monoisotopic (exact) mass is 288 g/mol. The van der Waals surface area contributed by atoms with Gasteiger partial charge in [0.25, 0.3) is 0 Å². The SMILES string of the molecule is Cc1ccccc1OCCCN1CCCN2CCC[C@H]2C1. The Bertz CT molecular complexity index is 449. The van der Waals surface area contributed by atoms with Gasteiger partial charge in [0, 0.05) is 19.1 Å². The molecule has 1 aromatic carbocycles. The van der Waals surface area contributed by atoms with Crippen molar-refractivity contribution in [3.63, 3.8) is 0 Å². The molecule has 0 N–H and O–H groups in total. The fourth-order valence-electron chi connectivity index (χ4n) is 3.67. The van der Waals surface area contributed by atoms with Crippen LogP contribution >= 0.6 is 0 Å². The minimum atomic E-state index is 0.824. The number of hydrogen-bond acceptors (Lipinski definition) is 3. The number of benzene rings is 1. The van der Waals surface area contributed by atoms with Crippen LogP contribution in [-0.2, 0) is 0 Å². The van der Waals surface area contributed by atoms with E-state index >= 15 is 0 Å². The van der Waals surface area contributed by atoms with E-state index in [4.69, 9.17) is 4.74 Å². The maximum Gasteiger partial charge on any atom is 0.122 e. The predicted molar refractivity (Wildman–Crippen MR) is 86.9 cm³/mol. The van der Waals surface area contributed by atoms with Crippen molar-refractivity contribution in [3.8, 4) is 5.75 Å².